The molecule has 2 heterocycles. The lowest BCUT2D eigenvalue weighted by atomic mass is 10.0. The highest BCUT2D eigenvalue weighted by Gasteiger charge is 2.27. The van der Waals surface area contributed by atoms with E-state index in [4.69, 9.17) is 22.1 Å². The van der Waals surface area contributed by atoms with Crippen molar-refractivity contribution in [3.8, 4) is 0 Å². The van der Waals surface area contributed by atoms with Gasteiger partial charge in [-0.25, -0.2) is 4.79 Å². The van der Waals surface area contributed by atoms with Crippen molar-refractivity contribution in [3.63, 3.8) is 0 Å². The predicted octanol–water partition coefficient (Wildman–Crippen LogP) is 3.72. The maximum absolute atomic E-state index is 12.1. The Morgan fingerprint density at radius 1 is 1.39 bits per heavy atom. The molecule has 2 aromatic rings. The van der Waals surface area contributed by atoms with Crippen molar-refractivity contribution < 1.29 is 9.53 Å². The third-order valence-corrected chi connectivity index (χ3v) is 5.26. The zero-order valence-corrected chi connectivity index (χ0v) is 14.5. The smallest absolute Gasteiger partial charge is 0.341 e. The fraction of sp³-hybridized carbons (Fsp3) is 0.353. The molecule has 0 bridgehead atoms. The number of benzene rings is 1. The highest BCUT2D eigenvalue weighted by Crippen LogP contribution is 2.36. The van der Waals surface area contributed by atoms with Crippen molar-refractivity contribution in [2.24, 2.45) is 0 Å². The molecule has 4 nitrogen and oxygen atoms in total. The molecule has 1 aliphatic rings. The number of carbonyl (C=O) groups excluding carboxylic acids is 1. The molecule has 0 saturated heterocycles. The van der Waals surface area contributed by atoms with E-state index < -0.39 is 0 Å². The SMILES string of the molecule is CCOC(=O)c1c(N)sc2c1CCN(Cc1ccc(Cl)cc1)C2. The maximum Gasteiger partial charge on any atom is 0.341 e. The summed E-state index contributed by atoms with van der Waals surface area (Å²) in [6.45, 7) is 4.75. The van der Waals surface area contributed by atoms with Crippen LogP contribution in [-0.4, -0.2) is 24.0 Å². The van der Waals surface area contributed by atoms with Gasteiger partial charge in [0, 0.05) is 29.5 Å². The number of esters is 1. The van der Waals surface area contributed by atoms with Crippen molar-refractivity contribution >= 4 is 33.9 Å². The highest BCUT2D eigenvalue weighted by molar-refractivity contribution is 7.16. The van der Waals surface area contributed by atoms with E-state index in [9.17, 15) is 4.79 Å². The molecule has 0 atom stereocenters. The predicted molar refractivity (Wildman–Crippen MR) is 94.0 cm³/mol. The van der Waals surface area contributed by atoms with Crippen LogP contribution in [0.25, 0.3) is 0 Å². The third kappa shape index (κ3) is 3.52. The summed E-state index contributed by atoms with van der Waals surface area (Å²) in [5, 5.41) is 1.32. The molecule has 0 spiro atoms. The molecule has 23 heavy (non-hydrogen) atoms. The molecule has 0 radical (unpaired) electrons. The molecule has 2 N–H and O–H groups in total. The zero-order chi connectivity index (χ0) is 16.4. The number of hydrogen-bond donors (Lipinski definition) is 1. The van der Waals surface area contributed by atoms with Gasteiger partial charge in [-0.2, -0.15) is 0 Å². The first-order chi connectivity index (χ1) is 11.1. The summed E-state index contributed by atoms with van der Waals surface area (Å²) in [4.78, 5) is 15.6. The first kappa shape index (κ1) is 16.3. The molecular formula is C17H19ClN2O2S. The third-order valence-electron chi connectivity index (χ3n) is 3.96. The Hall–Kier alpha value is -1.56. The lowest BCUT2D eigenvalue weighted by Crippen LogP contribution is -2.29. The van der Waals surface area contributed by atoms with Crippen LogP contribution in [0, 0.1) is 0 Å². The highest BCUT2D eigenvalue weighted by atomic mass is 35.5. The van der Waals surface area contributed by atoms with Gasteiger partial charge in [0.25, 0.3) is 0 Å². The van der Waals surface area contributed by atoms with Crippen molar-refractivity contribution in [2.45, 2.75) is 26.4 Å². The second-order valence-corrected chi connectivity index (χ2v) is 7.12. The van der Waals surface area contributed by atoms with E-state index in [0.717, 1.165) is 36.6 Å². The lowest BCUT2D eigenvalue weighted by molar-refractivity contribution is 0.0526. The Morgan fingerprint density at radius 3 is 2.83 bits per heavy atom. The number of thiophene rings is 1. The molecule has 0 unspecified atom stereocenters. The second kappa shape index (κ2) is 6.91. The van der Waals surface area contributed by atoms with Crippen LogP contribution in [0.3, 0.4) is 0 Å². The number of fused-ring (bicyclic) bond motifs is 1. The number of halogens is 1. The van der Waals surface area contributed by atoms with E-state index >= 15 is 0 Å². The molecule has 0 fully saturated rings. The van der Waals surface area contributed by atoms with Gasteiger partial charge >= 0.3 is 5.97 Å². The molecule has 1 aromatic carbocycles. The van der Waals surface area contributed by atoms with E-state index in [1.807, 2.05) is 24.3 Å². The Bertz CT molecular complexity index is 712. The second-order valence-electron chi connectivity index (χ2n) is 5.55. The van der Waals surface area contributed by atoms with Gasteiger partial charge in [-0.05, 0) is 36.6 Å². The summed E-state index contributed by atoms with van der Waals surface area (Å²) in [6, 6.07) is 7.91. The summed E-state index contributed by atoms with van der Waals surface area (Å²) < 4.78 is 5.13. The Labute approximate surface area is 144 Å². The molecule has 122 valence electrons. The Morgan fingerprint density at radius 2 is 2.13 bits per heavy atom. The van der Waals surface area contributed by atoms with E-state index in [1.54, 1.807) is 6.92 Å². The fourth-order valence-corrected chi connectivity index (χ4v) is 4.16. The number of hydrogen-bond acceptors (Lipinski definition) is 5. The van der Waals surface area contributed by atoms with E-state index in [0.29, 0.717) is 17.2 Å². The minimum Gasteiger partial charge on any atom is -0.462 e. The quantitative estimate of drug-likeness (QED) is 0.854. The number of carbonyl (C=O) groups is 1. The van der Waals surface area contributed by atoms with Gasteiger partial charge in [0.1, 0.15) is 5.00 Å². The molecule has 1 aromatic heterocycles. The van der Waals surface area contributed by atoms with Crippen molar-refractivity contribution in [2.75, 3.05) is 18.9 Å². The monoisotopic (exact) mass is 350 g/mol. The molecule has 0 aliphatic carbocycles. The van der Waals surface area contributed by atoms with Crippen LogP contribution in [0.15, 0.2) is 24.3 Å². The number of ether oxygens (including phenoxy) is 1. The zero-order valence-electron chi connectivity index (χ0n) is 13.0. The number of anilines is 1. The minimum atomic E-state index is -0.298. The summed E-state index contributed by atoms with van der Waals surface area (Å²) in [5.74, 6) is -0.298. The largest absolute Gasteiger partial charge is 0.462 e. The van der Waals surface area contributed by atoms with Gasteiger partial charge in [-0.15, -0.1) is 11.3 Å². The van der Waals surface area contributed by atoms with E-state index in [-0.39, 0.29) is 5.97 Å². The van der Waals surface area contributed by atoms with Gasteiger partial charge in [0.05, 0.1) is 12.2 Å². The van der Waals surface area contributed by atoms with Crippen LogP contribution in [0.5, 0.6) is 0 Å². The van der Waals surface area contributed by atoms with Crippen molar-refractivity contribution in [3.05, 3.63) is 50.9 Å². The van der Waals surface area contributed by atoms with Gasteiger partial charge < -0.3 is 10.5 Å². The topological polar surface area (TPSA) is 55.6 Å². The van der Waals surface area contributed by atoms with Gasteiger partial charge in [-0.1, -0.05) is 23.7 Å². The summed E-state index contributed by atoms with van der Waals surface area (Å²) >= 11 is 7.43. The Balaban J connectivity index is 1.75. The van der Waals surface area contributed by atoms with Crippen LogP contribution >= 0.6 is 22.9 Å². The first-order valence-corrected chi connectivity index (χ1v) is 8.82. The molecule has 0 amide bonds. The van der Waals surface area contributed by atoms with Crippen molar-refractivity contribution in [1.82, 2.24) is 4.90 Å². The van der Waals surface area contributed by atoms with Crippen LogP contribution in [0.1, 0.15) is 33.3 Å². The first-order valence-electron chi connectivity index (χ1n) is 7.62. The molecule has 0 saturated carbocycles. The summed E-state index contributed by atoms with van der Waals surface area (Å²) in [5.41, 5.74) is 8.93. The number of nitrogens with two attached hydrogens (primary N) is 1. The average Bonchev–Trinajstić information content (AvgIpc) is 2.85. The van der Waals surface area contributed by atoms with E-state index in [2.05, 4.69) is 4.90 Å². The Kier molecular flexibility index (Phi) is 4.90. The fourth-order valence-electron chi connectivity index (χ4n) is 2.89. The number of nitrogens with zero attached hydrogens (tertiary/aromatic N) is 1. The van der Waals surface area contributed by atoms with Crippen LogP contribution < -0.4 is 5.73 Å². The van der Waals surface area contributed by atoms with Gasteiger partial charge in [0.15, 0.2) is 0 Å². The lowest BCUT2D eigenvalue weighted by Gasteiger charge is -2.27. The molecule has 3 rings (SSSR count). The summed E-state index contributed by atoms with van der Waals surface area (Å²) in [7, 11) is 0. The van der Waals surface area contributed by atoms with Crippen LogP contribution in [-0.2, 0) is 24.2 Å². The maximum atomic E-state index is 12.1. The normalized spacial score (nSPS) is 14.5. The average molecular weight is 351 g/mol. The molecule has 6 heteroatoms. The van der Waals surface area contributed by atoms with Gasteiger partial charge in [-0.3, -0.25) is 4.90 Å². The van der Waals surface area contributed by atoms with Crippen LogP contribution in [0.2, 0.25) is 5.02 Å². The number of rotatable bonds is 4. The molecule has 1 aliphatic heterocycles. The van der Waals surface area contributed by atoms with Crippen molar-refractivity contribution in [1.29, 1.82) is 0 Å². The van der Waals surface area contributed by atoms with E-state index in [1.165, 1.54) is 21.8 Å². The molecular weight excluding hydrogens is 332 g/mol. The standard InChI is InChI=1S/C17H19ClN2O2S/c1-2-22-17(21)15-13-7-8-20(10-14(13)23-16(15)19)9-11-3-5-12(18)6-4-11/h3-6H,2,7-10,19H2,1H3. The van der Waals surface area contributed by atoms with Crippen LogP contribution in [0.4, 0.5) is 5.00 Å². The minimum absolute atomic E-state index is 0.298. The van der Waals surface area contributed by atoms with Gasteiger partial charge in [0.2, 0.25) is 0 Å². The number of nitrogen functional groups attached to an aromatic ring is 1. The summed E-state index contributed by atoms with van der Waals surface area (Å²) in [6.07, 6.45) is 0.824.